The first kappa shape index (κ1) is 13.5. The van der Waals surface area contributed by atoms with Gasteiger partial charge in [0.25, 0.3) is 5.69 Å². The molecule has 0 spiro atoms. The van der Waals surface area contributed by atoms with Crippen molar-refractivity contribution >= 4 is 48.9 Å². The maximum Gasteiger partial charge on any atom is 0.274 e. The van der Waals surface area contributed by atoms with Crippen LogP contribution in [0.2, 0.25) is 0 Å². The van der Waals surface area contributed by atoms with Crippen LogP contribution in [0.1, 0.15) is 4.88 Å². The second-order valence-corrected chi connectivity index (χ2v) is 6.86. The normalized spacial score (nSPS) is 10.3. The fourth-order valence-electron chi connectivity index (χ4n) is 1.32. The van der Waals surface area contributed by atoms with Crippen LogP contribution in [0.25, 0.3) is 0 Å². The van der Waals surface area contributed by atoms with E-state index in [1.807, 2.05) is 12.1 Å². The highest BCUT2D eigenvalue weighted by atomic mass is 79.9. The standard InChI is InChI=1S/C11H7Br2NO3S/c12-7-3-8(14(15)16)5-9(4-7)17-6-10-1-2-11(13)18-10/h1-5H,6H2. The molecule has 0 saturated heterocycles. The molecule has 18 heavy (non-hydrogen) atoms. The number of hydrogen-bond donors (Lipinski definition) is 0. The molecule has 94 valence electrons. The van der Waals surface area contributed by atoms with E-state index in [0.29, 0.717) is 16.8 Å². The monoisotopic (exact) mass is 391 g/mol. The predicted octanol–water partition coefficient (Wildman–Crippen LogP) is 4.76. The molecule has 0 N–H and O–H groups in total. The minimum Gasteiger partial charge on any atom is -0.488 e. The van der Waals surface area contributed by atoms with E-state index in [9.17, 15) is 10.1 Å². The highest BCUT2D eigenvalue weighted by Gasteiger charge is 2.09. The lowest BCUT2D eigenvalue weighted by atomic mass is 10.3. The van der Waals surface area contributed by atoms with Crippen molar-refractivity contribution in [2.24, 2.45) is 0 Å². The molecule has 0 unspecified atom stereocenters. The molecule has 0 aliphatic rings. The van der Waals surface area contributed by atoms with Gasteiger partial charge >= 0.3 is 0 Å². The lowest BCUT2D eigenvalue weighted by Gasteiger charge is -2.05. The van der Waals surface area contributed by atoms with Crippen molar-refractivity contribution in [1.82, 2.24) is 0 Å². The summed E-state index contributed by atoms with van der Waals surface area (Å²) >= 11 is 8.16. The van der Waals surface area contributed by atoms with Crippen LogP contribution in [-0.4, -0.2) is 4.92 Å². The minimum absolute atomic E-state index is 0.00624. The lowest BCUT2D eigenvalue weighted by Crippen LogP contribution is -1.94. The van der Waals surface area contributed by atoms with Gasteiger partial charge in [0.2, 0.25) is 0 Å². The number of nitro groups is 1. The third kappa shape index (κ3) is 3.54. The van der Waals surface area contributed by atoms with Gasteiger partial charge < -0.3 is 4.74 Å². The molecule has 0 bridgehead atoms. The van der Waals surface area contributed by atoms with E-state index in [1.165, 1.54) is 12.1 Å². The fraction of sp³-hybridized carbons (Fsp3) is 0.0909. The Morgan fingerprint density at radius 2 is 2.06 bits per heavy atom. The van der Waals surface area contributed by atoms with Crippen molar-refractivity contribution in [3.8, 4) is 5.75 Å². The number of thiophene rings is 1. The van der Waals surface area contributed by atoms with Gasteiger partial charge in [0.15, 0.2) is 0 Å². The first-order valence-corrected chi connectivity index (χ1v) is 7.27. The van der Waals surface area contributed by atoms with E-state index in [-0.39, 0.29) is 5.69 Å². The van der Waals surface area contributed by atoms with Crippen molar-refractivity contribution in [3.05, 3.63) is 53.6 Å². The Balaban J connectivity index is 2.11. The third-order valence-corrected chi connectivity index (χ3v) is 4.13. The van der Waals surface area contributed by atoms with Crippen molar-refractivity contribution in [2.45, 2.75) is 6.61 Å². The van der Waals surface area contributed by atoms with E-state index in [4.69, 9.17) is 4.74 Å². The van der Waals surface area contributed by atoms with Gasteiger partial charge in [-0.05, 0) is 34.1 Å². The Bertz CT molecular complexity index is 585. The van der Waals surface area contributed by atoms with Crippen LogP contribution in [-0.2, 0) is 6.61 Å². The Kier molecular flexibility index (Phi) is 4.36. The summed E-state index contributed by atoms with van der Waals surface area (Å²) in [4.78, 5) is 11.3. The molecule has 1 aromatic heterocycles. The molecule has 0 saturated carbocycles. The molecule has 2 aromatic rings. The number of hydrogen-bond acceptors (Lipinski definition) is 4. The quantitative estimate of drug-likeness (QED) is 0.556. The summed E-state index contributed by atoms with van der Waals surface area (Å²) in [7, 11) is 0. The number of rotatable bonds is 4. The molecule has 0 amide bonds. The molecule has 0 fully saturated rings. The third-order valence-electron chi connectivity index (χ3n) is 2.08. The highest BCUT2D eigenvalue weighted by Crippen LogP contribution is 2.28. The fourth-order valence-corrected chi connectivity index (χ4v) is 3.18. The molecule has 0 atom stereocenters. The maximum atomic E-state index is 10.7. The van der Waals surface area contributed by atoms with E-state index in [2.05, 4.69) is 31.9 Å². The van der Waals surface area contributed by atoms with Crippen LogP contribution in [0, 0.1) is 10.1 Å². The molecule has 0 aliphatic carbocycles. The number of nitrogens with zero attached hydrogens (tertiary/aromatic N) is 1. The van der Waals surface area contributed by atoms with Gasteiger partial charge in [-0.25, -0.2) is 0 Å². The smallest absolute Gasteiger partial charge is 0.274 e. The minimum atomic E-state index is -0.445. The maximum absolute atomic E-state index is 10.7. The summed E-state index contributed by atoms with van der Waals surface area (Å²) in [5, 5.41) is 10.7. The lowest BCUT2D eigenvalue weighted by molar-refractivity contribution is -0.385. The summed E-state index contributed by atoms with van der Waals surface area (Å²) in [5.74, 6) is 0.473. The zero-order valence-corrected chi connectivity index (χ0v) is 12.9. The van der Waals surface area contributed by atoms with Crippen LogP contribution in [0.4, 0.5) is 5.69 Å². The molecular formula is C11H7Br2NO3S. The van der Waals surface area contributed by atoms with Crippen molar-refractivity contribution in [1.29, 1.82) is 0 Å². The molecule has 1 heterocycles. The van der Waals surface area contributed by atoms with E-state index < -0.39 is 4.92 Å². The Hall–Kier alpha value is -0.920. The van der Waals surface area contributed by atoms with Gasteiger partial charge in [0.1, 0.15) is 12.4 Å². The zero-order chi connectivity index (χ0) is 13.1. The average molecular weight is 393 g/mol. The van der Waals surface area contributed by atoms with E-state index in [0.717, 1.165) is 8.66 Å². The Morgan fingerprint density at radius 1 is 1.28 bits per heavy atom. The molecule has 1 aromatic carbocycles. The predicted molar refractivity (Wildman–Crippen MR) is 77.1 cm³/mol. The number of benzene rings is 1. The zero-order valence-electron chi connectivity index (χ0n) is 8.93. The van der Waals surface area contributed by atoms with Gasteiger partial charge in [-0.3, -0.25) is 10.1 Å². The first-order valence-electron chi connectivity index (χ1n) is 4.86. The van der Waals surface area contributed by atoms with Gasteiger partial charge in [-0.15, -0.1) is 11.3 Å². The van der Waals surface area contributed by atoms with Gasteiger partial charge in [0, 0.05) is 15.4 Å². The van der Waals surface area contributed by atoms with Crippen molar-refractivity contribution in [3.63, 3.8) is 0 Å². The molecule has 2 rings (SSSR count). The molecule has 4 nitrogen and oxygen atoms in total. The van der Waals surface area contributed by atoms with Gasteiger partial charge in [0.05, 0.1) is 14.8 Å². The Morgan fingerprint density at radius 3 is 2.67 bits per heavy atom. The van der Waals surface area contributed by atoms with Crippen LogP contribution in [0.5, 0.6) is 5.75 Å². The molecule has 0 aliphatic heterocycles. The number of halogens is 2. The Labute approximate surface area is 124 Å². The second kappa shape index (κ2) is 5.81. The summed E-state index contributed by atoms with van der Waals surface area (Å²) < 4.78 is 7.19. The summed E-state index contributed by atoms with van der Waals surface area (Å²) in [6.07, 6.45) is 0. The van der Waals surface area contributed by atoms with Gasteiger partial charge in [-0.2, -0.15) is 0 Å². The molecule has 0 radical (unpaired) electrons. The summed E-state index contributed by atoms with van der Waals surface area (Å²) in [6.45, 7) is 0.393. The summed E-state index contributed by atoms with van der Waals surface area (Å²) in [6, 6.07) is 8.44. The van der Waals surface area contributed by atoms with Crippen LogP contribution >= 0.6 is 43.2 Å². The first-order chi connectivity index (χ1) is 8.54. The van der Waals surface area contributed by atoms with Gasteiger partial charge in [-0.1, -0.05) is 15.9 Å². The molecule has 7 heteroatoms. The van der Waals surface area contributed by atoms with Crippen LogP contribution in [0.3, 0.4) is 0 Å². The number of nitro benzene ring substituents is 1. The average Bonchev–Trinajstić information content (AvgIpc) is 2.72. The second-order valence-electron chi connectivity index (χ2n) is 3.40. The van der Waals surface area contributed by atoms with Crippen LogP contribution in [0.15, 0.2) is 38.6 Å². The number of ether oxygens (including phenoxy) is 1. The topological polar surface area (TPSA) is 52.4 Å². The number of non-ortho nitro benzene ring substituents is 1. The molecular weight excluding hydrogens is 386 g/mol. The van der Waals surface area contributed by atoms with Crippen molar-refractivity contribution in [2.75, 3.05) is 0 Å². The SMILES string of the molecule is O=[N+]([O-])c1cc(Br)cc(OCc2ccc(Br)s2)c1. The van der Waals surface area contributed by atoms with E-state index >= 15 is 0 Å². The van der Waals surface area contributed by atoms with Crippen LogP contribution < -0.4 is 4.74 Å². The highest BCUT2D eigenvalue weighted by molar-refractivity contribution is 9.11. The van der Waals surface area contributed by atoms with E-state index in [1.54, 1.807) is 17.4 Å². The summed E-state index contributed by atoms with van der Waals surface area (Å²) in [5.41, 5.74) is 0.00624. The largest absolute Gasteiger partial charge is 0.488 e. The van der Waals surface area contributed by atoms with Crippen molar-refractivity contribution < 1.29 is 9.66 Å².